The predicted molar refractivity (Wildman–Crippen MR) is 109 cm³/mol. The van der Waals surface area contributed by atoms with Crippen molar-refractivity contribution in [2.24, 2.45) is 10.9 Å². The minimum absolute atomic E-state index is 0.0249. The van der Waals surface area contributed by atoms with Crippen molar-refractivity contribution in [3.8, 4) is 5.75 Å². The van der Waals surface area contributed by atoms with Gasteiger partial charge >= 0.3 is 0 Å². The van der Waals surface area contributed by atoms with Crippen LogP contribution >= 0.6 is 0 Å². The number of amidine groups is 1. The predicted octanol–water partition coefficient (Wildman–Crippen LogP) is 0.899. The van der Waals surface area contributed by atoms with Gasteiger partial charge in [0.1, 0.15) is 5.75 Å². The molecule has 0 aliphatic carbocycles. The number of nitrogens with zero attached hydrogens (tertiary/aromatic N) is 2. The van der Waals surface area contributed by atoms with Gasteiger partial charge in [-0.1, -0.05) is 35.5 Å². The molecule has 0 atom stereocenters. The number of rotatable bonds is 9. The molecule has 10 heteroatoms. The number of sulfonamides is 1. The van der Waals surface area contributed by atoms with Crippen LogP contribution in [-0.2, 0) is 26.2 Å². The van der Waals surface area contributed by atoms with Crippen LogP contribution in [0.3, 0.4) is 0 Å². The minimum Gasteiger partial charge on any atom is -0.496 e. The number of carbonyl (C=O) groups excluding carboxylic acids is 1. The van der Waals surface area contributed by atoms with Gasteiger partial charge in [0.05, 0.1) is 17.6 Å². The normalized spacial score (nSPS) is 11.9. The molecule has 0 heterocycles. The molecule has 0 saturated carbocycles. The lowest BCUT2D eigenvalue weighted by molar-refractivity contribution is -0.125. The Hall–Kier alpha value is -3.11. The number of para-hydroxylation sites is 1. The number of benzene rings is 2. The van der Waals surface area contributed by atoms with Crippen LogP contribution in [0.1, 0.15) is 11.1 Å². The highest BCUT2D eigenvalue weighted by molar-refractivity contribution is 7.89. The molecule has 156 valence electrons. The number of nitrogens with one attached hydrogen (secondary N) is 1. The molecule has 2 aromatic rings. The Kier molecular flexibility index (Phi) is 7.57. The van der Waals surface area contributed by atoms with E-state index in [0.717, 1.165) is 4.31 Å². The van der Waals surface area contributed by atoms with E-state index in [4.69, 9.17) is 15.3 Å². The first kappa shape index (κ1) is 22.2. The summed E-state index contributed by atoms with van der Waals surface area (Å²) in [5.74, 6) is 0.122. The number of hydrogen-bond donors (Lipinski definition) is 2. The van der Waals surface area contributed by atoms with E-state index >= 15 is 0 Å². The molecule has 0 aliphatic rings. The minimum atomic E-state index is -3.62. The monoisotopic (exact) mass is 420 g/mol. The molecule has 2 rings (SSSR count). The van der Waals surface area contributed by atoms with Crippen LogP contribution < -0.4 is 15.8 Å². The topological polar surface area (TPSA) is 123 Å². The summed E-state index contributed by atoms with van der Waals surface area (Å²) in [5.41, 5.74) is 6.87. The summed E-state index contributed by atoms with van der Waals surface area (Å²) < 4.78 is 31.1. The fraction of sp³-hybridized carbons (Fsp3) is 0.263. The standard InChI is InChI=1S/C19H24N4O5S/c1-23(2)29(25,26)17-11-7-4-8-14(17)12-21-18(24)13-28-22-19(20)15-9-5-6-10-16(15)27-3/h4-11H,12-13H2,1-3H3,(H2,20,22)(H,21,24). The second-order valence-corrected chi connectivity index (χ2v) is 8.24. The van der Waals surface area contributed by atoms with Gasteiger partial charge in [-0.3, -0.25) is 4.79 Å². The summed E-state index contributed by atoms with van der Waals surface area (Å²) in [6.45, 7) is -0.352. The summed E-state index contributed by atoms with van der Waals surface area (Å²) in [6, 6.07) is 13.4. The lowest BCUT2D eigenvalue weighted by Gasteiger charge is -2.15. The number of carbonyl (C=O) groups is 1. The van der Waals surface area contributed by atoms with E-state index in [1.165, 1.54) is 27.3 Å². The largest absolute Gasteiger partial charge is 0.496 e. The fourth-order valence-corrected chi connectivity index (χ4v) is 3.52. The zero-order valence-electron chi connectivity index (χ0n) is 16.5. The summed E-state index contributed by atoms with van der Waals surface area (Å²) in [7, 11) is 0.783. The van der Waals surface area contributed by atoms with E-state index in [1.807, 2.05) is 0 Å². The molecule has 0 spiro atoms. The first-order valence-corrected chi connectivity index (χ1v) is 10.1. The van der Waals surface area contributed by atoms with E-state index in [-0.39, 0.29) is 23.9 Å². The van der Waals surface area contributed by atoms with Crippen LogP contribution in [0.4, 0.5) is 0 Å². The van der Waals surface area contributed by atoms with E-state index < -0.39 is 15.9 Å². The molecular formula is C19H24N4O5S. The second kappa shape index (κ2) is 9.89. The molecular weight excluding hydrogens is 396 g/mol. The van der Waals surface area contributed by atoms with Gasteiger partial charge in [-0.2, -0.15) is 0 Å². The third-order valence-corrected chi connectivity index (χ3v) is 5.86. The summed E-state index contributed by atoms with van der Waals surface area (Å²) in [5, 5.41) is 6.33. The summed E-state index contributed by atoms with van der Waals surface area (Å²) >= 11 is 0. The molecule has 0 radical (unpaired) electrons. The van der Waals surface area contributed by atoms with Crippen LogP contribution in [0.15, 0.2) is 58.6 Å². The maximum absolute atomic E-state index is 12.4. The molecule has 0 fully saturated rings. The lowest BCUT2D eigenvalue weighted by atomic mass is 10.2. The smallest absolute Gasteiger partial charge is 0.261 e. The van der Waals surface area contributed by atoms with Crippen molar-refractivity contribution in [1.29, 1.82) is 0 Å². The van der Waals surface area contributed by atoms with Gasteiger partial charge < -0.3 is 20.6 Å². The molecule has 0 bridgehead atoms. The SMILES string of the molecule is COc1ccccc1/C(N)=N/OCC(=O)NCc1ccccc1S(=O)(=O)N(C)C. The van der Waals surface area contributed by atoms with Crippen LogP contribution in [0, 0.1) is 0 Å². The van der Waals surface area contributed by atoms with Crippen molar-refractivity contribution in [2.75, 3.05) is 27.8 Å². The fourth-order valence-electron chi connectivity index (χ4n) is 2.41. The molecule has 0 aromatic heterocycles. The van der Waals surface area contributed by atoms with Gasteiger partial charge in [-0.15, -0.1) is 0 Å². The first-order chi connectivity index (χ1) is 13.8. The molecule has 3 N–H and O–H groups in total. The number of methoxy groups -OCH3 is 1. The highest BCUT2D eigenvalue weighted by Crippen LogP contribution is 2.18. The Morgan fingerprint density at radius 1 is 1.14 bits per heavy atom. The van der Waals surface area contributed by atoms with Gasteiger partial charge in [-0.25, -0.2) is 12.7 Å². The van der Waals surface area contributed by atoms with Gasteiger partial charge in [0, 0.05) is 20.6 Å². The Labute approximate surface area is 170 Å². The van der Waals surface area contributed by atoms with E-state index in [2.05, 4.69) is 10.5 Å². The number of amides is 1. The zero-order valence-corrected chi connectivity index (χ0v) is 17.3. The van der Waals surface area contributed by atoms with Gasteiger partial charge in [0.15, 0.2) is 12.4 Å². The van der Waals surface area contributed by atoms with Crippen molar-refractivity contribution in [3.63, 3.8) is 0 Å². The van der Waals surface area contributed by atoms with Crippen LogP contribution in [-0.4, -0.2) is 52.3 Å². The summed E-state index contributed by atoms with van der Waals surface area (Å²) in [6.07, 6.45) is 0. The molecule has 0 unspecified atom stereocenters. The quantitative estimate of drug-likeness (QED) is 0.353. The summed E-state index contributed by atoms with van der Waals surface area (Å²) in [4.78, 5) is 17.2. The van der Waals surface area contributed by atoms with Gasteiger partial charge in [-0.05, 0) is 23.8 Å². The maximum atomic E-state index is 12.4. The van der Waals surface area contributed by atoms with E-state index in [9.17, 15) is 13.2 Å². The third kappa shape index (κ3) is 5.69. The van der Waals surface area contributed by atoms with Crippen molar-refractivity contribution in [1.82, 2.24) is 9.62 Å². The van der Waals surface area contributed by atoms with E-state index in [0.29, 0.717) is 16.9 Å². The first-order valence-electron chi connectivity index (χ1n) is 8.63. The van der Waals surface area contributed by atoms with Gasteiger partial charge in [0.2, 0.25) is 10.0 Å². The lowest BCUT2D eigenvalue weighted by Crippen LogP contribution is -2.29. The van der Waals surface area contributed by atoms with Crippen molar-refractivity contribution >= 4 is 21.8 Å². The molecule has 0 saturated heterocycles. The average molecular weight is 420 g/mol. The Morgan fingerprint density at radius 3 is 2.48 bits per heavy atom. The molecule has 1 amide bonds. The third-order valence-electron chi connectivity index (χ3n) is 3.95. The highest BCUT2D eigenvalue weighted by atomic mass is 32.2. The van der Waals surface area contributed by atoms with Crippen molar-refractivity contribution in [3.05, 3.63) is 59.7 Å². The van der Waals surface area contributed by atoms with E-state index in [1.54, 1.807) is 42.5 Å². The average Bonchev–Trinajstić information content (AvgIpc) is 2.72. The Bertz CT molecular complexity index is 990. The Balaban J connectivity index is 1.96. The van der Waals surface area contributed by atoms with Crippen LogP contribution in [0.5, 0.6) is 5.75 Å². The van der Waals surface area contributed by atoms with Crippen LogP contribution in [0.2, 0.25) is 0 Å². The number of nitrogens with two attached hydrogens (primary N) is 1. The molecule has 9 nitrogen and oxygen atoms in total. The number of oxime groups is 1. The zero-order chi connectivity index (χ0) is 21.4. The molecule has 29 heavy (non-hydrogen) atoms. The second-order valence-electron chi connectivity index (χ2n) is 6.12. The molecule has 2 aromatic carbocycles. The highest BCUT2D eigenvalue weighted by Gasteiger charge is 2.20. The van der Waals surface area contributed by atoms with Crippen molar-refractivity contribution < 1.29 is 22.8 Å². The Morgan fingerprint density at radius 2 is 1.79 bits per heavy atom. The number of ether oxygens (including phenoxy) is 1. The van der Waals surface area contributed by atoms with Crippen molar-refractivity contribution in [2.45, 2.75) is 11.4 Å². The maximum Gasteiger partial charge on any atom is 0.261 e. The molecule has 0 aliphatic heterocycles. The van der Waals surface area contributed by atoms with Gasteiger partial charge in [0.25, 0.3) is 5.91 Å². The number of hydrogen-bond acceptors (Lipinski definition) is 6. The van der Waals surface area contributed by atoms with Crippen LogP contribution in [0.25, 0.3) is 0 Å².